The molecule has 0 amide bonds. The van der Waals surface area contributed by atoms with Crippen LogP contribution in [-0.2, 0) is 11.2 Å². The molecule has 4 heteroatoms. The Labute approximate surface area is 99.0 Å². The Hall–Kier alpha value is -2.23. The molecule has 17 heavy (non-hydrogen) atoms. The van der Waals surface area contributed by atoms with E-state index in [4.69, 9.17) is 5.11 Å². The number of aliphatic carboxylic acids is 1. The van der Waals surface area contributed by atoms with Crippen LogP contribution in [0.15, 0.2) is 36.8 Å². The summed E-state index contributed by atoms with van der Waals surface area (Å²) in [4.78, 5) is 18.8. The van der Waals surface area contributed by atoms with E-state index in [2.05, 4.69) is 9.97 Å². The lowest BCUT2D eigenvalue weighted by atomic mass is 10.0. The summed E-state index contributed by atoms with van der Waals surface area (Å²) in [6.45, 7) is 2.00. The van der Waals surface area contributed by atoms with E-state index >= 15 is 0 Å². The molecular weight excluding hydrogens is 216 g/mol. The summed E-state index contributed by atoms with van der Waals surface area (Å²) in [6, 6.07) is 7.82. The van der Waals surface area contributed by atoms with Crippen LogP contribution in [0, 0.1) is 6.92 Å². The summed E-state index contributed by atoms with van der Waals surface area (Å²) >= 11 is 0. The fourth-order valence-electron chi connectivity index (χ4n) is 1.62. The molecule has 1 N–H and O–H groups in total. The van der Waals surface area contributed by atoms with Crippen molar-refractivity contribution >= 4 is 5.97 Å². The van der Waals surface area contributed by atoms with Crippen LogP contribution in [0.3, 0.4) is 0 Å². The average molecular weight is 228 g/mol. The summed E-state index contributed by atoms with van der Waals surface area (Å²) in [5, 5.41) is 8.83. The predicted octanol–water partition coefficient (Wildman–Crippen LogP) is 2.08. The predicted molar refractivity (Wildman–Crippen MR) is 63.5 cm³/mol. The van der Waals surface area contributed by atoms with Crippen LogP contribution >= 0.6 is 0 Å². The van der Waals surface area contributed by atoms with E-state index in [9.17, 15) is 4.79 Å². The topological polar surface area (TPSA) is 63.1 Å². The van der Waals surface area contributed by atoms with E-state index in [1.165, 1.54) is 6.33 Å². The maximum Gasteiger partial charge on any atom is 0.307 e. The molecule has 0 spiro atoms. The lowest BCUT2D eigenvalue weighted by Crippen LogP contribution is -2.03. The molecule has 86 valence electrons. The highest BCUT2D eigenvalue weighted by Crippen LogP contribution is 2.21. The highest BCUT2D eigenvalue weighted by molar-refractivity contribution is 5.74. The molecule has 1 aromatic heterocycles. The van der Waals surface area contributed by atoms with Gasteiger partial charge < -0.3 is 5.11 Å². The van der Waals surface area contributed by atoms with Crippen LogP contribution in [0.1, 0.15) is 11.1 Å². The van der Waals surface area contributed by atoms with E-state index in [-0.39, 0.29) is 6.42 Å². The molecule has 0 bridgehead atoms. The first-order valence-electron chi connectivity index (χ1n) is 5.24. The number of aromatic nitrogens is 2. The largest absolute Gasteiger partial charge is 0.481 e. The van der Waals surface area contributed by atoms with Gasteiger partial charge in [-0.25, -0.2) is 9.97 Å². The van der Waals surface area contributed by atoms with Crippen LogP contribution in [-0.4, -0.2) is 21.0 Å². The minimum atomic E-state index is -0.881. The molecule has 0 saturated heterocycles. The molecular formula is C13H12N2O2. The second kappa shape index (κ2) is 4.74. The zero-order chi connectivity index (χ0) is 12.3. The summed E-state index contributed by atoms with van der Waals surface area (Å²) < 4.78 is 0. The van der Waals surface area contributed by atoms with Gasteiger partial charge in [0, 0.05) is 17.3 Å². The molecule has 0 atom stereocenters. The van der Waals surface area contributed by atoms with Gasteiger partial charge in [0.15, 0.2) is 0 Å². The number of nitrogens with zero attached hydrogens (tertiary/aromatic N) is 2. The van der Waals surface area contributed by atoms with Gasteiger partial charge >= 0.3 is 5.97 Å². The minimum absolute atomic E-state index is 0.0654. The Balaban J connectivity index is 2.44. The highest BCUT2D eigenvalue weighted by Gasteiger charge is 2.09. The summed E-state index contributed by atoms with van der Waals surface area (Å²) in [5.41, 5.74) is 3.38. The van der Waals surface area contributed by atoms with Crippen molar-refractivity contribution in [1.82, 2.24) is 9.97 Å². The molecule has 2 rings (SSSR count). The van der Waals surface area contributed by atoms with E-state index in [1.54, 1.807) is 6.20 Å². The van der Waals surface area contributed by atoms with Crippen molar-refractivity contribution in [2.24, 2.45) is 0 Å². The van der Waals surface area contributed by atoms with Crippen molar-refractivity contribution in [2.45, 2.75) is 13.3 Å². The molecule has 0 fully saturated rings. The van der Waals surface area contributed by atoms with E-state index in [1.807, 2.05) is 31.2 Å². The SMILES string of the molecule is Cc1ccc(-c2ncncc2CC(=O)O)cc1. The van der Waals surface area contributed by atoms with Crippen LogP contribution < -0.4 is 0 Å². The molecule has 0 radical (unpaired) electrons. The Morgan fingerprint density at radius 3 is 2.65 bits per heavy atom. The fraction of sp³-hybridized carbons (Fsp3) is 0.154. The standard InChI is InChI=1S/C13H12N2O2/c1-9-2-4-10(5-3-9)13-11(6-12(16)17)7-14-8-15-13/h2-5,7-8H,6H2,1H3,(H,16,17). The van der Waals surface area contributed by atoms with Crippen LogP contribution in [0.2, 0.25) is 0 Å². The summed E-state index contributed by atoms with van der Waals surface area (Å²) in [6.07, 6.45) is 2.92. The molecule has 0 aliphatic heterocycles. The van der Waals surface area contributed by atoms with Crippen LogP contribution in [0.25, 0.3) is 11.3 Å². The zero-order valence-electron chi connectivity index (χ0n) is 9.42. The smallest absolute Gasteiger partial charge is 0.307 e. The van der Waals surface area contributed by atoms with Crippen molar-refractivity contribution in [3.63, 3.8) is 0 Å². The highest BCUT2D eigenvalue weighted by atomic mass is 16.4. The van der Waals surface area contributed by atoms with Gasteiger partial charge in [-0.3, -0.25) is 4.79 Å². The number of carboxylic acids is 1. The van der Waals surface area contributed by atoms with Gasteiger partial charge in [-0.2, -0.15) is 0 Å². The fourth-order valence-corrected chi connectivity index (χ4v) is 1.62. The van der Waals surface area contributed by atoms with Crippen molar-refractivity contribution in [1.29, 1.82) is 0 Å². The Morgan fingerprint density at radius 2 is 2.00 bits per heavy atom. The molecule has 0 aliphatic carbocycles. The number of hydrogen-bond acceptors (Lipinski definition) is 3. The third-order valence-electron chi connectivity index (χ3n) is 2.45. The normalized spacial score (nSPS) is 10.2. The molecule has 4 nitrogen and oxygen atoms in total. The zero-order valence-corrected chi connectivity index (χ0v) is 9.42. The van der Waals surface area contributed by atoms with Crippen molar-refractivity contribution in [3.05, 3.63) is 47.9 Å². The van der Waals surface area contributed by atoms with Gasteiger partial charge in [0.25, 0.3) is 0 Å². The van der Waals surface area contributed by atoms with Crippen molar-refractivity contribution in [2.75, 3.05) is 0 Å². The molecule has 1 heterocycles. The van der Waals surface area contributed by atoms with Crippen LogP contribution in [0.5, 0.6) is 0 Å². The molecule has 1 aromatic carbocycles. The number of aryl methyl sites for hydroxylation is 1. The molecule has 0 unspecified atom stereocenters. The number of carbonyl (C=O) groups is 1. The number of carboxylic acid groups (broad SMARTS) is 1. The Bertz CT molecular complexity index is 535. The second-order valence-corrected chi connectivity index (χ2v) is 3.83. The third-order valence-corrected chi connectivity index (χ3v) is 2.45. The second-order valence-electron chi connectivity index (χ2n) is 3.83. The Morgan fingerprint density at radius 1 is 1.29 bits per heavy atom. The monoisotopic (exact) mass is 228 g/mol. The minimum Gasteiger partial charge on any atom is -0.481 e. The lowest BCUT2D eigenvalue weighted by molar-refractivity contribution is -0.136. The summed E-state index contributed by atoms with van der Waals surface area (Å²) in [7, 11) is 0. The van der Waals surface area contributed by atoms with Gasteiger partial charge in [-0.1, -0.05) is 29.8 Å². The average Bonchev–Trinajstić information content (AvgIpc) is 2.30. The quantitative estimate of drug-likeness (QED) is 0.873. The number of benzene rings is 1. The van der Waals surface area contributed by atoms with Crippen molar-refractivity contribution in [3.8, 4) is 11.3 Å². The van der Waals surface area contributed by atoms with Crippen LogP contribution in [0.4, 0.5) is 0 Å². The first-order chi connectivity index (χ1) is 8.16. The van der Waals surface area contributed by atoms with E-state index in [0.29, 0.717) is 11.3 Å². The van der Waals surface area contributed by atoms with E-state index in [0.717, 1.165) is 11.1 Å². The van der Waals surface area contributed by atoms with E-state index < -0.39 is 5.97 Å². The first kappa shape index (κ1) is 11.3. The maximum absolute atomic E-state index is 10.8. The first-order valence-corrected chi connectivity index (χ1v) is 5.24. The molecule has 0 aliphatic rings. The maximum atomic E-state index is 10.8. The molecule has 0 saturated carbocycles. The number of hydrogen-bond donors (Lipinski definition) is 1. The Kier molecular flexibility index (Phi) is 3.14. The van der Waals surface area contributed by atoms with Gasteiger partial charge in [0.1, 0.15) is 6.33 Å². The van der Waals surface area contributed by atoms with Gasteiger partial charge in [0.05, 0.1) is 12.1 Å². The van der Waals surface area contributed by atoms with Gasteiger partial charge in [-0.15, -0.1) is 0 Å². The van der Waals surface area contributed by atoms with Gasteiger partial charge in [-0.05, 0) is 6.92 Å². The van der Waals surface area contributed by atoms with Gasteiger partial charge in [0.2, 0.25) is 0 Å². The summed E-state index contributed by atoms with van der Waals surface area (Å²) in [5.74, 6) is -0.881. The number of rotatable bonds is 3. The third kappa shape index (κ3) is 2.66. The lowest BCUT2D eigenvalue weighted by Gasteiger charge is -2.06. The van der Waals surface area contributed by atoms with Crippen molar-refractivity contribution < 1.29 is 9.90 Å². The molecule has 2 aromatic rings.